The second-order valence-corrected chi connectivity index (χ2v) is 5.39. The average molecular weight is 292 g/mol. The molecule has 0 aromatic heterocycles. The number of ketones is 2. The minimum atomic E-state index is -0.553. The Kier molecular flexibility index (Phi) is 3.43. The first-order valence-electron chi connectivity index (χ1n) is 6.80. The van der Waals surface area contributed by atoms with E-state index in [-0.39, 0.29) is 41.8 Å². The van der Waals surface area contributed by atoms with E-state index >= 15 is 0 Å². The quantitative estimate of drug-likeness (QED) is 0.641. The number of aromatic hydroxyl groups is 1. The summed E-state index contributed by atoms with van der Waals surface area (Å²) in [6, 6.07) is 2.96. The van der Waals surface area contributed by atoms with Crippen LogP contribution in [0.2, 0.25) is 0 Å². The average Bonchev–Trinajstić information content (AvgIpc) is 2.79. The van der Waals surface area contributed by atoms with Gasteiger partial charge in [0.2, 0.25) is 0 Å². The van der Waals surface area contributed by atoms with Crippen LogP contribution in [-0.2, 0) is 9.53 Å². The minimum absolute atomic E-state index is 0.0219. The van der Waals surface area contributed by atoms with Crippen LogP contribution in [0.1, 0.15) is 41.6 Å². The van der Waals surface area contributed by atoms with E-state index in [1.165, 1.54) is 13.0 Å². The van der Waals surface area contributed by atoms with Crippen LogP contribution in [-0.4, -0.2) is 40.8 Å². The van der Waals surface area contributed by atoms with Gasteiger partial charge in [-0.15, -0.1) is 0 Å². The second kappa shape index (κ2) is 5.13. The maximum absolute atomic E-state index is 11.8. The van der Waals surface area contributed by atoms with Gasteiger partial charge >= 0.3 is 0 Å². The molecule has 6 nitrogen and oxygen atoms in total. The maximum atomic E-state index is 11.8. The fourth-order valence-corrected chi connectivity index (χ4v) is 3.27. The molecule has 3 atom stereocenters. The molecule has 1 saturated carbocycles. The van der Waals surface area contributed by atoms with Crippen molar-refractivity contribution in [1.29, 1.82) is 0 Å². The molecular weight excluding hydrogens is 276 g/mol. The van der Waals surface area contributed by atoms with Gasteiger partial charge in [-0.1, -0.05) is 0 Å². The Balaban J connectivity index is 2.11. The highest BCUT2D eigenvalue weighted by atomic mass is 16.6. The SMILES string of the molecule is CC(=O)c1ccc(O)c2c1C1[C@@H](OCO)CC(=O)C[C@@H]1O2. The number of aliphatic hydroxyl groups excluding tert-OH is 1. The number of carbonyl (C=O) groups excluding carboxylic acids is 2. The molecule has 1 fully saturated rings. The summed E-state index contributed by atoms with van der Waals surface area (Å²) in [6.45, 7) is 0.931. The Morgan fingerprint density at radius 1 is 1.43 bits per heavy atom. The van der Waals surface area contributed by atoms with Gasteiger partial charge in [-0.25, -0.2) is 0 Å². The number of Topliss-reactive ketones (excluding diaryl/α,β-unsaturated/α-hetero) is 2. The highest BCUT2D eigenvalue weighted by Gasteiger charge is 2.48. The molecule has 3 rings (SSSR count). The van der Waals surface area contributed by atoms with Gasteiger partial charge in [-0.05, 0) is 19.1 Å². The van der Waals surface area contributed by atoms with Crippen LogP contribution in [0.15, 0.2) is 12.1 Å². The summed E-state index contributed by atoms with van der Waals surface area (Å²) in [5, 5.41) is 19.0. The van der Waals surface area contributed by atoms with Crippen LogP contribution in [0, 0.1) is 0 Å². The first-order valence-corrected chi connectivity index (χ1v) is 6.80. The molecule has 2 aliphatic rings. The molecule has 1 unspecified atom stereocenters. The molecule has 0 bridgehead atoms. The smallest absolute Gasteiger partial charge is 0.165 e. The number of ether oxygens (including phenoxy) is 2. The lowest BCUT2D eigenvalue weighted by atomic mass is 9.78. The van der Waals surface area contributed by atoms with Crippen LogP contribution in [0.25, 0.3) is 0 Å². The lowest BCUT2D eigenvalue weighted by Crippen LogP contribution is -2.40. The van der Waals surface area contributed by atoms with Crippen LogP contribution < -0.4 is 4.74 Å². The highest BCUT2D eigenvalue weighted by Crippen LogP contribution is 2.51. The molecule has 1 aromatic rings. The van der Waals surface area contributed by atoms with Crippen LogP contribution in [0.4, 0.5) is 0 Å². The van der Waals surface area contributed by atoms with E-state index in [0.29, 0.717) is 11.1 Å². The molecule has 21 heavy (non-hydrogen) atoms. The molecule has 0 spiro atoms. The van der Waals surface area contributed by atoms with E-state index in [2.05, 4.69) is 0 Å². The first kappa shape index (κ1) is 14.0. The van der Waals surface area contributed by atoms with Crippen molar-refractivity contribution in [3.05, 3.63) is 23.3 Å². The maximum Gasteiger partial charge on any atom is 0.165 e. The summed E-state index contributed by atoms with van der Waals surface area (Å²) >= 11 is 0. The number of rotatable bonds is 3. The number of hydrogen-bond donors (Lipinski definition) is 2. The summed E-state index contributed by atoms with van der Waals surface area (Å²) < 4.78 is 11.0. The van der Waals surface area contributed by atoms with Crippen molar-refractivity contribution < 1.29 is 29.3 Å². The van der Waals surface area contributed by atoms with E-state index in [1.807, 2.05) is 0 Å². The van der Waals surface area contributed by atoms with E-state index in [9.17, 15) is 14.7 Å². The third kappa shape index (κ3) is 2.20. The van der Waals surface area contributed by atoms with Crippen molar-refractivity contribution in [2.24, 2.45) is 0 Å². The summed E-state index contributed by atoms with van der Waals surface area (Å²) in [6.07, 6.45) is -0.648. The van der Waals surface area contributed by atoms with Gasteiger partial charge in [0, 0.05) is 24.0 Å². The zero-order valence-corrected chi connectivity index (χ0v) is 11.5. The molecule has 1 aliphatic carbocycles. The number of phenolic OH excluding ortho intramolecular Hbond substituents is 1. The van der Waals surface area contributed by atoms with Crippen molar-refractivity contribution in [2.45, 2.75) is 37.9 Å². The van der Waals surface area contributed by atoms with E-state index in [4.69, 9.17) is 14.6 Å². The number of phenols is 1. The third-order valence-corrected chi connectivity index (χ3v) is 4.10. The molecule has 1 aliphatic heterocycles. The van der Waals surface area contributed by atoms with Gasteiger partial charge in [0.05, 0.1) is 12.0 Å². The summed E-state index contributed by atoms with van der Waals surface area (Å²) in [5.74, 6) is -0.309. The monoisotopic (exact) mass is 292 g/mol. The summed E-state index contributed by atoms with van der Waals surface area (Å²) in [7, 11) is 0. The fraction of sp³-hybridized carbons (Fsp3) is 0.467. The normalized spacial score (nSPS) is 27.0. The first-order chi connectivity index (χ1) is 10.0. The molecule has 1 aromatic carbocycles. The molecule has 6 heteroatoms. The number of fused-ring (bicyclic) bond motifs is 3. The van der Waals surface area contributed by atoms with Crippen molar-refractivity contribution in [3.63, 3.8) is 0 Å². The van der Waals surface area contributed by atoms with Crippen molar-refractivity contribution in [2.75, 3.05) is 6.79 Å². The van der Waals surface area contributed by atoms with E-state index < -0.39 is 19.0 Å². The molecule has 2 N–H and O–H groups in total. The molecule has 0 saturated heterocycles. The standard InChI is InChI=1S/C15H16O6/c1-7(17)9-2-3-10(19)15-13(9)14-11(20-6-16)4-8(18)5-12(14)21-15/h2-3,11-12,14,16,19H,4-6H2,1H3/t11-,12-,14?/m0/s1. The van der Waals surface area contributed by atoms with Crippen molar-refractivity contribution >= 4 is 11.6 Å². The van der Waals surface area contributed by atoms with Gasteiger partial charge in [0.1, 0.15) is 18.7 Å². The van der Waals surface area contributed by atoms with E-state index in [1.54, 1.807) is 6.07 Å². The van der Waals surface area contributed by atoms with Crippen LogP contribution in [0.5, 0.6) is 11.5 Å². The predicted octanol–water partition coefficient (Wildman–Crippen LogP) is 1.14. The lowest BCUT2D eigenvalue weighted by Gasteiger charge is -2.31. The Labute approximate surface area is 121 Å². The Morgan fingerprint density at radius 3 is 2.86 bits per heavy atom. The molecule has 1 heterocycles. The fourth-order valence-electron chi connectivity index (χ4n) is 3.27. The van der Waals surface area contributed by atoms with Crippen LogP contribution >= 0.6 is 0 Å². The molecular formula is C15H16O6. The van der Waals surface area contributed by atoms with Crippen molar-refractivity contribution in [3.8, 4) is 11.5 Å². The van der Waals surface area contributed by atoms with Crippen LogP contribution in [0.3, 0.4) is 0 Å². The largest absolute Gasteiger partial charge is 0.504 e. The van der Waals surface area contributed by atoms with Gasteiger partial charge in [-0.2, -0.15) is 0 Å². The molecule has 0 amide bonds. The summed E-state index contributed by atoms with van der Waals surface area (Å²) in [4.78, 5) is 23.6. The summed E-state index contributed by atoms with van der Waals surface area (Å²) in [5.41, 5.74) is 1.04. The lowest BCUT2D eigenvalue weighted by molar-refractivity contribution is -0.134. The Morgan fingerprint density at radius 2 is 2.19 bits per heavy atom. The van der Waals surface area contributed by atoms with Gasteiger partial charge in [0.25, 0.3) is 0 Å². The highest BCUT2D eigenvalue weighted by molar-refractivity contribution is 5.97. The molecule has 0 radical (unpaired) electrons. The van der Waals surface area contributed by atoms with Gasteiger partial charge < -0.3 is 19.7 Å². The number of hydrogen-bond acceptors (Lipinski definition) is 6. The zero-order valence-electron chi connectivity index (χ0n) is 11.5. The predicted molar refractivity (Wildman–Crippen MR) is 71.5 cm³/mol. The minimum Gasteiger partial charge on any atom is -0.504 e. The molecule has 112 valence electrons. The van der Waals surface area contributed by atoms with Gasteiger partial charge in [-0.3, -0.25) is 9.59 Å². The Bertz CT molecular complexity index is 608. The topological polar surface area (TPSA) is 93.1 Å². The second-order valence-electron chi connectivity index (χ2n) is 5.39. The number of aliphatic hydroxyl groups is 1. The third-order valence-electron chi connectivity index (χ3n) is 4.10. The Hall–Kier alpha value is -1.92. The van der Waals surface area contributed by atoms with Gasteiger partial charge in [0.15, 0.2) is 17.3 Å². The van der Waals surface area contributed by atoms with Crippen molar-refractivity contribution in [1.82, 2.24) is 0 Å². The number of carbonyl (C=O) groups is 2. The zero-order chi connectivity index (χ0) is 15.1. The number of benzene rings is 1. The van der Waals surface area contributed by atoms with E-state index in [0.717, 1.165) is 0 Å².